The Morgan fingerprint density at radius 3 is 2.11 bits per heavy atom. The zero-order valence-electron chi connectivity index (χ0n) is 18.0. The highest BCUT2D eigenvalue weighted by Crippen LogP contribution is 2.38. The molecule has 9 heteroatoms. The minimum atomic E-state index is -0.464. The molecule has 172 valence electrons. The molecule has 0 spiro atoms. The topological polar surface area (TPSA) is 94.2 Å². The Balaban J connectivity index is 1.53. The summed E-state index contributed by atoms with van der Waals surface area (Å²) in [6.45, 7) is 0.107. The molecule has 35 heavy (non-hydrogen) atoms. The summed E-state index contributed by atoms with van der Waals surface area (Å²) in [6, 6.07) is 21.2. The molecule has 1 saturated heterocycles. The van der Waals surface area contributed by atoms with Crippen LogP contribution in [0.5, 0.6) is 5.75 Å². The quantitative estimate of drug-likeness (QED) is 0.342. The van der Waals surface area contributed by atoms with E-state index in [0.717, 1.165) is 16.7 Å². The van der Waals surface area contributed by atoms with Gasteiger partial charge in [0, 0.05) is 5.56 Å². The number of thioether (sulfide) groups is 1. The molecule has 1 aliphatic rings. The molecular formula is C26H15Cl2N3O3S. The lowest BCUT2D eigenvalue weighted by Gasteiger charge is -2.13. The molecule has 0 atom stereocenters. The summed E-state index contributed by atoms with van der Waals surface area (Å²) in [4.78, 5) is 26.7. The van der Waals surface area contributed by atoms with Gasteiger partial charge in [-0.3, -0.25) is 14.5 Å². The summed E-state index contributed by atoms with van der Waals surface area (Å²) in [5, 5.41) is 18.5. The lowest BCUT2D eigenvalue weighted by atomic mass is 10.1. The lowest BCUT2D eigenvalue weighted by molar-refractivity contribution is -0.123. The SMILES string of the molecule is N#Cc1ccccc1COc1c(Cl)cc(/C=C2/SC(=O)N(Cc3ccccc3C#N)C2=O)cc1Cl. The Kier molecular flexibility index (Phi) is 7.43. The number of nitriles is 2. The van der Waals surface area contributed by atoms with Crippen LogP contribution < -0.4 is 4.74 Å². The monoisotopic (exact) mass is 519 g/mol. The first kappa shape index (κ1) is 24.4. The van der Waals surface area contributed by atoms with Crippen molar-refractivity contribution in [1.29, 1.82) is 10.5 Å². The van der Waals surface area contributed by atoms with Gasteiger partial charge in [-0.25, -0.2) is 0 Å². The fourth-order valence-corrected chi connectivity index (χ4v) is 4.88. The Hall–Kier alpha value is -3.75. The average molecular weight is 520 g/mol. The van der Waals surface area contributed by atoms with Gasteiger partial charge >= 0.3 is 0 Å². The second kappa shape index (κ2) is 10.7. The number of hydrogen-bond acceptors (Lipinski definition) is 6. The van der Waals surface area contributed by atoms with Crippen LogP contribution in [0.15, 0.2) is 65.6 Å². The number of benzene rings is 3. The van der Waals surface area contributed by atoms with Gasteiger partial charge in [-0.1, -0.05) is 59.6 Å². The van der Waals surface area contributed by atoms with Gasteiger partial charge in [-0.2, -0.15) is 10.5 Å². The van der Waals surface area contributed by atoms with Crippen molar-refractivity contribution in [2.75, 3.05) is 0 Å². The number of imide groups is 1. The van der Waals surface area contributed by atoms with Crippen LogP contribution in [0.4, 0.5) is 4.79 Å². The zero-order chi connectivity index (χ0) is 24.9. The van der Waals surface area contributed by atoms with Crippen molar-refractivity contribution in [3.63, 3.8) is 0 Å². The smallest absolute Gasteiger partial charge is 0.293 e. The predicted octanol–water partition coefficient (Wildman–Crippen LogP) is 6.55. The molecule has 1 aliphatic heterocycles. The van der Waals surface area contributed by atoms with Gasteiger partial charge in [-0.05, 0) is 53.2 Å². The van der Waals surface area contributed by atoms with Crippen LogP contribution in [-0.4, -0.2) is 16.0 Å². The molecule has 0 aromatic heterocycles. The number of carbonyl (C=O) groups is 2. The second-order valence-corrected chi connectivity index (χ2v) is 9.22. The van der Waals surface area contributed by atoms with E-state index < -0.39 is 11.1 Å². The first-order valence-electron chi connectivity index (χ1n) is 10.2. The summed E-state index contributed by atoms with van der Waals surface area (Å²) >= 11 is 13.6. The Bertz CT molecular complexity index is 1430. The summed E-state index contributed by atoms with van der Waals surface area (Å²) in [5.74, 6) is -0.215. The van der Waals surface area contributed by atoms with E-state index in [1.54, 1.807) is 60.7 Å². The number of rotatable bonds is 6. The maximum Gasteiger partial charge on any atom is 0.293 e. The maximum atomic E-state index is 12.9. The minimum absolute atomic E-state index is 0.00417. The summed E-state index contributed by atoms with van der Waals surface area (Å²) < 4.78 is 5.77. The third-order valence-corrected chi connectivity index (χ3v) is 6.64. The van der Waals surface area contributed by atoms with Crippen LogP contribution in [0.1, 0.15) is 27.8 Å². The molecule has 2 amide bonds. The second-order valence-electron chi connectivity index (χ2n) is 7.41. The van der Waals surface area contributed by atoms with E-state index in [4.69, 9.17) is 27.9 Å². The highest BCUT2D eigenvalue weighted by atomic mass is 35.5. The summed E-state index contributed by atoms with van der Waals surface area (Å²) in [5.41, 5.74) is 2.70. The van der Waals surface area contributed by atoms with Crippen LogP contribution in [-0.2, 0) is 17.9 Å². The maximum absolute atomic E-state index is 12.9. The van der Waals surface area contributed by atoms with Crippen molar-refractivity contribution in [3.05, 3.63) is 103 Å². The predicted molar refractivity (Wildman–Crippen MR) is 135 cm³/mol. The molecule has 3 aromatic rings. The van der Waals surface area contributed by atoms with Gasteiger partial charge < -0.3 is 4.74 Å². The van der Waals surface area contributed by atoms with Gasteiger partial charge in [-0.15, -0.1) is 0 Å². The van der Waals surface area contributed by atoms with Gasteiger partial charge in [0.15, 0.2) is 5.75 Å². The zero-order valence-corrected chi connectivity index (χ0v) is 20.3. The molecule has 3 aromatic carbocycles. The molecule has 0 radical (unpaired) electrons. The van der Waals surface area contributed by atoms with Crippen molar-refractivity contribution in [2.45, 2.75) is 13.2 Å². The van der Waals surface area contributed by atoms with Gasteiger partial charge in [0.25, 0.3) is 11.1 Å². The summed E-state index contributed by atoms with van der Waals surface area (Å²) in [6.07, 6.45) is 1.54. The number of hydrogen-bond donors (Lipinski definition) is 0. The van der Waals surface area contributed by atoms with Crippen LogP contribution in [0.2, 0.25) is 10.0 Å². The molecule has 0 unspecified atom stereocenters. The van der Waals surface area contributed by atoms with Crippen molar-refractivity contribution in [2.24, 2.45) is 0 Å². The normalized spacial score (nSPS) is 14.2. The molecule has 6 nitrogen and oxygen atoms in total. The summed E-state index contributed by atoms with van der Waals surface area (Å²) in [7, 11) is 0. The van der Waals surface area contributed by atoms with Crippen LogP contribution in [0.25, 0.3) is 6.08 Å². The molecule has 4 rings (SSSR count). The molecular weight excluding hydrogens is 505 g/mol. The highest BCUT2D eigenvalue weighted by Gasteiger charge is 2.35. The van der Waals surface area contributed by atoms with Gasteiger partial charge in [0.1, 0.15) is 6.61 Å². The van der Waals surface area contributed by atoms with Crippen molar-refractivity contribution >= 4 is 52.2 Å². The number of halogens is 2. The Labute approximate surface area is 215 Å². The number of amides is 2. The van der Waals surface area contributed by atoms with Crippen LogP contribution in [0, 0.1) is 22.7 Å². The number of nitrogens with zero attached hydrogens (tertiary/aromatic N) is 3. The minimum Gasteiger partial charge on any atom is -0.486 e. The van der Waals surface area contributed by atoms with Gasteiger partial charge in [0.2, 0.25) is 0 Å². The van der Waals surface area contributed by atoms with Gasteiger partial charge in [0.05, 0.1) is 44.8 Å². The van der Waals surface area contributed by atoms with Crippen LogP contribution in [0.3, 0.4) is 0 Å². The molecule has 0 aliphatic carbocycles. The fourth-order valence-electron chi connectivity index (χ4n) is 3.43. The number of carbonyl (C=O) groups excluding carboxylic acids is 2. The number of ether oxygens (including phenoxy) is 1. The van der Waals surface area contributed by atoms with E-state index in [2.05, 4.69) is 12.1 Å². The third-order valence-electron chi connectivity index (χ3n) is 5.17. The largest absolute Gasteiger partial charge is 0.486 e. The van der Waals surface area contributed by atoms with E-state index in [1.807, 2.05) is 0 Å². The van der Waals surface area contributed by atoms with E-state index in [-0.39, 0.29) is 33.9 Å². The molecule has 1 heterocycles. The molecule has 0 N–H and O–H groups in total. The Morgan fingerprint density at radius 1 is 0.914 bits per heavy atom. The van der Waals surface area contributed by atoms with E-state index in [1.165, 1.54) is 6.08 Å². The average Bonchev–Trinajstić information content (AvgIpc) is 3.11. The van der Waals surface area contributed by atoms with E-state index >= 15 is 0 Å². The third kappa shape index (κ3) is 5.34. The first-order chi connectivity index (χ1) is 16.9. The van der Waals surface area contributed by atoms with E-state index in [9.17, 15) is 20.1 Å². The Morgan fingerprint density at radius 2 is 1.49 bits per heavy atom. The van der Waals surface area contributed by atoms with Crippen LogP contribution >= 0.6 is 35.0 Å². The fraction of sp³-hybridized carbons (Fsp3) is 0.0769. The first-order valence-corrected chi connectivity index (χ1v) is 11.8. The van der Waals surface area contributed by atoms with Crippen molar-refractivity contribution in [1.82, 2.24) is 4.90 Å². The molecule has 0 bridgehead atoms. The standard InChI is InChI=1S/C26H15Cl2N3O3S/c27-21-9-16(10-22(28)24(21)34-15-20-8-4-2-6-18(20)13-30)11-23-25(32)31(26(33)35-23)14-19-7-3-1-5-17(19)12-29/h1-11H,14-15H2/b23-11+. The van der Waals surface area contributed by atoms with Crippen molar-refractivity contribution < 1.29 is 14.3 Å². The van der Waals surface area contributed by atoms with Crippen molar-refractivity contribution in [3.8, 4) is 17.9 Å². The highest BCUT2D eigenvalue weighted by molar-refractivity contribution is 8.18. The van der Waals surface area contributed by atoms with E-state index in [0.29, 0.717) is 27.8 Å². The lowest BCUT2D eigenvalue weighted by Crippen LogP contribution is -2.27. The molecule has 1 fully saturated rings. The molecule has 0 saturated carbocycles.